The van der Waals surface area contributed by atoms with E-state index in [-0.39, 0.29) is 24.6 Å². The fourth-order valence-corrected chi connectivity index (χ4v) is 13.3. The summed E-state index contributed by atoms with van der Waals surface area (Å²) in [7, 11) is -15.1. The largest absolute Gasteiger partial charge is 0.756 e. The van der Waals surface area contributed by atoms with Gasteiger partial charge >= 0.3 is 11.9 Å². The van der Waals surface area contributed by atoms with Crippen LogP contribution in [0.4, 0.5) is 5.69 Å². The molecule has 5 N–H and O–H groups in total. The highest BCUT2D eigenvalue weighted by atomic mass is 32.2. The van der Waals surface area contributed by atoms with Gasteiger partial charge in [-0.15, -0.1) is 0 Å². The molecule has 0 spiro atoms. The Kier molecular flexibility index (Phi) is 38.7. The highest BCUT2D eigenvalue weighted by Gasteiger charge is 2.26. The molecule has 2 aromatic carbocycles. The number of esters is 2. The standard InChI is InChI=1S/C68H106N3O14PS2.H3N/c1-7-13-15-17-19-21-23-25-27-29-31-33-35-37-39-41-66(72)81-54-58(84-67(73)42-40-38-36-34-32-30-28-26-24-22-20-18-16-14-8-2)55-83-86(74,75)82-50-49-69-87(76,77)59-45-48-62(65(53-59)88(78,79)80)68-60-46-43-56(70(9-3)10-4)51-63(60)85-64-52-57(44-47-61(64)68)71(11-5)12-6;/h25-28,43-48,51-53,58,69H,7-24,29-42,49-50,54-55H2,1-6H3,(H-,74,75,78,79,80);1H3/b27-25-,28-26-;/t58-;/m1./s1. The summed E-state index contributed by atoms with van der Waals surface area (Å²) < 4.78 is 112. The number of allylic oxidation sites excluding steroid dienone is 4. The molecular formula is C68H109N4O14PS2. The first-order valence-electron chi connectivity index (χ1n) is 33.1. The monoisotopic (exact) mass is 1300 g/mol. The van der Waals surface area contributed by atoms with Crippen molar-refractivity contribution in [2.75, 3.05) is 57.4 Å². The van der Waals surface area contributed by atoms with Crippen molar-refractivity contribution in [3.8, 4) is 22.5 Å². The van der Waals surface area contributed by atoms with Crippen molar-refractivity contribution in [3.63, 3.8) is 0 Å². The number of fused-ring (bicyclic) bond motifs is 2. The third kappa shape index (κ3) is 29.6. The topological polar surface area (TPSA) is 270 Å². The lowest BCUT2D eigenvalue weighted by Gasteiger charge is -2.25. The average Bonchev–Trinajstić information content (AvgIpc) is 0.788. The van der Waals surface area contributed by atoms with Crippen LogP contribution >= 0.6 is 7.82 Å². The number of hydrogen-bond donors (Lipinski definition) is 2. The number of phosphoric ester groups is 1. The molecule has 2 aromatic rings. The van der Waals surface area contributed by atoms with Crippen LogP contribution in [-0.4, -0.2) is 92.0 Å². The molecule has 0 bridgehead atoms. The zero-order chi connectivity index (χ0) is 64.1. The zero-order valence-corrected chi connectivity index (χ0v) is 57.4. The average molecular weight is 1300 g/mol. The normalized spacial score (nSPS) is 13.1. The number of nitrogens with one attached hydrogen (secondary N) is 1. The lowest BCUT2D eigenvalue weighted by Crippen LogP contribution is -2.31. The number of benzene rings is 3. The number of nitrogens with zero attached hydrogens (tertiary/aromatic N) is 2. The Morgan fingerprint density at radius 2 is 1.15 bits per heavy atom. The number of sulfonamides is 1. The van der Waals surface area contributed by atoms with Crippen molar-refractivity contribution in [3.05, 3.63) is 84.3 Å². The molecular weight excluding hydrogens is 1190 g/mol. The van der Waals surface area contributed by atoms with Crippen LogP contribution in [0.2, 0.25) is 0 Å². The van der Waals surface area contributed by atoms with Gasteiger partial charge in [0.25, 0.3) is 7.82 Å². The summed E-state index contributed by atoms with van der Waals surface area (Å²) in [4.78, 5) is 39.7. The Bertz CT molecular complexity index is 3070. The van der Waals surface area contributed by atoms with Gasteiger partial charge in [0.05, 0.1) is 29.1 Å². The van der Waals surface area contributed by atoms with E-state index in [0.717, 1.165) is 100 Å². The smallest absolute Gasteiger partial charge is 0.306 e. The van der Waals surface area contributed by atoms with Crippen LogP contribution in [0.15, 0.2) is 93.1 Å². The Morgan fingerprint density at radius 3 is 1.67 bits per heavy atom. The second-order valence-corrected chi connectivity index (χ2v) is 27.3. The number of anilines is 1. The SMILES string of the molecule is CCCCCCCC/C=C\CCCCCCCC(=O)OC[C@H](COP(=O)([O-])OCCNS(=O)(=O)c1ccc(-c2c3ccc(=[N+](CC)CC)cc-3oc3cc(N(CC)CC)ccc23)c(S(=O)(=O)[O-])c1)OC(=O)CCCCCCC/C=C\CCCCCCCC.[NH4+]. The van der Waals surface area contributed by atoms with E-state index in [2.05, 4.69) is 52.3 Å². The van der Waals surface area contributed by atoms with E-state index in [1.54, 1.807) is 12.1 Å². The first-order valence-corrected chi connectivity index (χ1v) is 37.5. The molecule has 89 heavy (non-hydrogen) atoms. The Balaban J connectivity index is 0.0000207. The number of hydrogen-bond acceptors (Lipinski definition) is 15. The highest BCUT2D eigenvalue weighted by molar-refractivity contribution is 7.89. The quantitative estimate of drug-likeness (QED) is 0.00791. The van der Waals surface area contributed by atoms with Crippen molar-refractivity contribution < 1.29 is 63.4 Å². The van der Waals surface area contributed by atoms with Gasteiger partial charge in [0.15, 0.2) is 6.10 Å². The number of phosphoric acid groups is 1. The number of carbonyl (C=O) groups excluding carboxylic acids is 2. The zero-order valence-electron chi connectivity index (χ0n) is 54.9. The molecule has 2 atom stereocenters. The molecule has 1 aliphatic heterocycles. The first-order chi connectivity index (χ1) is 42.4. The van der Waals surface area contributed by atoms with Gasteiger partial charge in [-0.2, -0.15) is 0 Å². The van der Waals surface area contributed by atoms with Gasteiger partial charge in [-0.3, -0.25) is 14.2 Å². The molecule has 0 saturated carbocycles. The minimum atomic E-state index is -5.34. The van der Waals surface area contributed by atoms with Crippen molar-refractivity contribution >= 4 is 56.6 Å². The molecule has 0 fully saturated rings. The summed E-state index contributed by atoms with van der Waals surface area (Å²) >= 11 is 0. The predicted molar refractivity (Wildman–Crippen MR) is 357 cm³/mol. The molecule has 18 nitrogen and oxygen atoms in total. The van der Waals surface area contributed by atoms with Gasteiger partial charge in [0.2, 0.25) is 15.4 Å². The summed E-state index contributed by atoms with van der Waals surface area (Å²) in [5, 5.41) is 1.35. The van der Waals surface area contributed by atoms with Crippen molar-refractivity contribution in [2.24, 2.45) is 0 Å². The maximum absolute atomic E-state index is 13.7. The molecule has 0 saturated heterocycles. The molecule has 0 aromatic heterocycles. The molecule has 1 aliphatic carbocycles. The van der Waals surface area contributed by atoms with Gasteiger partial charge in [0.1, 0.15) is 41.2 Å². The van der Waals surface area contributed by atoms with Crippen molar-refractivity contribution in [2.45, 2.75) is 237 Å². The maximum Gasteiger partial charge on any atom is 0.306 e. The summed E-state index contributed by atoms with van der Waals surface area (Å²) in [6, 6.07) is 14.2. The van der Waals surface area contributed by atoms with E-state index in [1.165, 1.54) is 83.1 Å². The minimum Gasteiger partial charge on any atom is -0.756 e. The summed E-state index contributed by atoms with van der Waals surface area (Å²) in [5.74, 6) is -0.711. The fraction of sp³-hybridized carbons (Fsp3) is 0.632. The van der Waals surface area contributed by atoms with Gasteiger partial charge < -0.3 is 43.4 Å². The van der Waals surface area contributed by atoms with E-state index in [4.69, 9.17) is 22.9 Å². The second-order valence-electron chi connectivity index (χ2n) is 22.7. The van der Waals surface area contributed by atoms with E-state index < -0.39 is 82.2 Å². The molecule has 0 amide bonds. The first kappa shape index (κ1) is 78.5. The molecule has 1 heterocycles. The van der Waals surface area contributed by atoms with E-state index in [1.807, 2.05) is 52.0 Å². The van der Waals surface area contributed by atoms with Crippen LogP contribution in [0.1, 0.15) is 221 Å². The summed E-state index contributed by atoms with van der Waals surface area (Å²) in [6.45, 7) is 12.8. The van der Waals surface area contributed by atoms with Crippen molar-refractivity contribution in [1.29, 1.82) is 0 Å². The third-order valence-electron chi connectivity index (χ3n) is 15.8. The van der Waals surface area contributed by atoms with Gasteiger partial charge in [-0.25, -0.2) is 26.1 Å². The van der Waals surface area contributed by atoms with Crippen molar-refractivity contribution in [1.82, 2.24) is 15.4 Å². The minimum absolute atomic E-state index is 0. The number of carbonyl (C=O) groups is 2. The van der Waals surface area contributed by atoms with Crippen LogP contribution in [0, 0.1) is 0 Å². The number of rotatable bonds is 49. The fourth-order valence-electron chi connectivity index (χ4n) is 10.7. The van der Waals surface area contributed by atoms with Gasteiger partial charge in [-0.05, 0) is 122 Å². The Labute approximate surface area is 534 Å². The Morgan fingerprint density at radius 1 is 0.629 bits per heavy atom. The molecule has 21 heteroatoms. The lowest BCUT2D eigenvalue weighted by molar-refractivity contribution is -0.228. The van der Waals surface area contributed by atoms with Crippen LogP contribution in [0.3, 0.4) is 0 Å². The number of quaternary nitrogens is 1. The summed E-state index contributed by atoms with van der Waals surface area (Å²) in [5.41, 5.74) is 2.07. The molecule has 2 aliphatic rings. The number of ether oxygens (including phenoxy) is 2. The predicted octanol–water partition coefficient (Wildman–Crippen LogP) is 15.5. The van der Waals surface area contributed by atoms with E-state index in [9.17, 15) is 40.4 Å². The Hall–Kier alpha value is -4.76. The molecule has 502 valence electrons. The van der Waals surface area contributed by atoms with Crippen LogP contribution in [0.25, 0.3) is 33.4 Å². The molecule has 4 rings (SSSR count). The van der Waals surface area contributed by atoms with Crippen LogP contribution < -0.4 is 30.6 Å². The maximum atomic E-state index is 13.7. The van der Waals surface area contributed by atoms with E-state index in [0.29, 0.717) is 66.9 Å². The molecule has 1 unspecified atom stereocenters. The van der Waals surface area contributed by atoms with Gasteiger partial charge in [0, 0.05) is 72.4 Å². The highest BCUT2D eigenvalue weighted by Crippen LogP contribution is 2.44. The third-order valence-corrected chi connectivity index (χ3v) is 19.1. The molecule has 0 radical (unpaired) electrons. The number of unbranched alkanes of at least 4 members (excludes halogenated alkanes) is 22. The second kappa shape index (κ2) is 43.9. The van der Waals surface area contributed by atoms with E-state index >= 15 is 0 Å². The van der Waals surface area contributed by atoms with Crippen LogP contribution in [0.5, 0.6) is 0 Å². The summed E-state index contributed by atoms with van der Waals surface area (Å²) in [6.07, 6.45) is 36.7. The van der Waals surface area contributed by atoms with Gasteiger partial charge in [-0.1, -0.05) is 147 Å². The lowest BCUT2D eigenvalue weighted by atomic mass is 9.93. The van der Waals surface area contributed by atoms with Crippen LogP contribution in [-0.2, 0) is 52.8 Å².